The topological polar surface area (TPSA) is 12.0 Å². The maximum Gasteiger partial charge on any atom is 0.0369 e. The standard InChI is InChI=1S/C16H17BrIN/c1-11-3-8-15(17)14(9-11)16(19-2)10-12-4-6-13(18)7-5-12/h3-9,16,19H,10H2,1-2H3. The molecule has 0 aliphatic carbocycles. The second-order valence-electron chi connectivity index (χ2n) is 4.70. The van der Waals surface area contributed by atoms with Gasteiger partial charge in [-0.2, -0.15) is 0 Å². The monoisotopic (exact) mass is 429 g/mol. The largest absolute Gasteiger partial charge is 0.313 e. The van der Waals surface area contributed by atoms with Crippen LogP contribution in [0.25, 0.3) is 0 Å². The second kappa shape index (κ2) is 6.86. The molecule has 0 saturated heterocycles. The van der Waals surface area contributed by atoms with E-state index in [4.69, 9.17) is 0 Å². The van der Waals surface area contributed by atoms with Crippen molar-refractivity contribution in [2.75, 3.05) is 7.05 Å². The molecule has 0 aliphatic rings. The van der Waals surface area contributed by atoms with E-state index in [0.717, 1.165) is 6.42 Å². The Labute approximate surface area is 137 Å². The average Bonchev–Trinajstić information content (AvgIpc) is 2.41. The van der Waals surface area contributed by atoms with Crippen LogP contribution in [0.15, 0.2) is 46.9 Å². The minimum atomic E-state index is 0.328. The van der Waals surface area contributed by atoms with Crippen LogP contribution in [0.5, 0.6) is 0 Å². The molecule has 2 aromatic rings. The Kier molecular flexibility index (Phi) is 5.42. The molecule has 0 amide bonds. The van der Waals surface area contributed by atoms with E-state index in [1.54, 1.807) is 0 Å². The lowest BCUT2D eigenvalue weighted by atomic mass is 9.98. The van der Waals surface area contributed by atoms with Gasteiger partial charge in [0.05, 0.1) is 0 Å². The number of halogens is 2. The summed E-state index contributed by atoms with van der Waals surface area (Å²) in [5.74, 6) is 0. The molecule has 0 aliphatic heterocycles. The van der Waals surface area contributed by atoms with Crippen molar-refractivity contribution in [2.45, 2.75) is 19.4 Å². The second-order valence-corrected chi connectivity index (χ2v) is 6.80. The Morgan fingerprint density at radius 1 is 1.16 bits per heavy atom. The van der Waals surface area contributed by atoms with Crippen LogP contribution in [0, 0.1) is 10.5 Å². The van der Waals surface area contributed by atoms with Crippen molar-refractivity contribution < 1.29 is 0 Å². The van der Waals surface area contributed by atoms with Crippen LogP contribution in [-0.4, -0.2) is 7.05 Å². The zero-order valence-electron chi connectivity index (χ0n) is 11.1. The molecule has 1 unspecified atom stereocenters. The van der Waals surface area contributed by atoms with Crippen molar-refractivity contribution >= 4 is 38.5 Å². The zero-order chi connectivity index (χ0) is 13.8. The highest BCUT2D eigenvalue weighted by Gasteiger charge is 2.13. The van der Waals surface area contributed by atoms with Crippen LogP contribution in [0.4, 0.5) is 0 Å². The van der Waals surface area contributed by atoms with E-state index < -0.39 is 0 Å². The normalized spacial score (nSPS) is 12.4. The van der Waals surface area contributed by atoms with Gasteiger partial charge in [0.25, 0.3) is 0 Å². The first-order valence-corrected chi connectivity index (χ1v) is 8.15. The number of nitrogens with one attached hydrogen (secondary N) is 1. The van der Waals surface area contributed by atoms with Gasteiger partial charge in [0.15, 0.2) is 0 Å². The third-order valence-corrected chi connectivity index (χ3v) is 4.67. The molecule has 0 spiro atoms. The summed E-state index contributed by atoms with van der Waals surface area (Å²) >= 11 is 5.99. The highest BCUT2D eigenvalue weighted by atomic mass is 127. The fourth-order valence-corrected chi connectivity index (χ4v) is 3.04. The van der Waals surface area contributed by atoms with Gasteiger partial charge in [0.2, 0.25) is 0 Å². The number of hydrogen-bond acceptors (Lipinski definition) is 1. The molecule has 3 heteroatoms. The summed E-state index contributed by atoms with van der Waals surface area (Å²) in [6.07, 6.45) is 0.996. The molecule has 0 saturated carbocycles. The van der Waals surface area contributed by atoms with E-state index in [1.807, 2.05) is 7.05 Å². The van der Waals surface area contributed by atoms with Crippen molar-refractivity contribution in [1.29, 1.82) is 0 Å². The van der Waals surface area contributed by atoms with Gasteiger partial charge >= 0.3 is 0 Å². The lowest BCUT2D eigenvalue weighted by molar-refractivity contribution is 0.589. The van der Waals surface area contributed by atoms with Crippen LogP contribution < -0.4 is 5.32 Å². The fraction of sp³-hybridized carbons (Fsp3) is 0.250. The molecule has 2 rings (SSSR count). The van der Waals surface area contributed by atoms with Gasteiger partial charge in [0, 0.05) is 14.1 Å². The van der Waals surface area contributed by atoms with Crippen LogP contribution in [0.1, 0.15) is 22.7 Å². The summed E-state index contributed by atoms with van der Waals surface area (Å²) in [4.78, 5) is 0. The third kappa shape index (κ3) is 4.04. The molecular weight excluding hydrogens is 413 g/mol. The molecule has 2 aromatic carbocycles. The molecule has 1 N–H and O–H groups in total. The summed E-state index contributed by atoms with van der Waals surface area (Å²) in [7, 11) is 2.02. The Bertz CT molecular complexity index is 551. The van der Waals surface area contributed by atoms with Crippen molar-refractivity contribution in [2.24, 2.45) is 0 Å². The Balaban J connectivity index is 2.24. The smallest absolute Gasteiger partial charge is 0.0369 e. The highest BCUT2D eigenvalue weighted by Crippen LogP contribution is 2.27. The van der Waals surface area contributed by atoms with E-state index in [1.165, 1.54) is 24.7 Å². The molecule has 0 heterocycles. The Morgan fingerprint density at radius 2 is 1.84 bits per heavy atom. The van der Waals surface area contributed by atoms with Gasteiger partial charge in [-0.3, -0.25) is 0 Å². The summed E-state index contributed by atoms with van der Waals surface area (Å²) in [6, 6.07) is 15.6. The summed E-state index contributed by atoms with van der Waals surface area (Å²) in [5, 5.41) is 3.42. The lowest BCUT2D eigenvalue weighted by Gasteiger charge is -2.19. The summed E-state index contributed by atoms with van der Waals surface area (Å²) in [5.41, 5.74) is 3.97. The summed E-state index contributed by atoms with van der Waals surface area (Å²) < 4.78 is 2.45. The van der Waals surface area contributed by atoms with Gasteiger partial charge in [-0.25, -0.2) is 0 Å². The van der Waals surface area contributed by atoms with Crippen molar-refractivity contribution in [1.82, 2.24) is 5.32 Å². The number of likely N-dealkylation sites (N-methyl/N-ethyl adjacent to an activating group) is 1. The number of benzene rings is 2. The molecule has 1 nitrogen and oxygen atoms in total. The molecular formula is C16H17BrIN. The van der Waals surface area contributed by atoms with Gasteiger partial charge < -0.3 is 5.32 Å². The minimum absolute atomic E-state index is 0.328. The third-order valence-electron chi connectivity index (χ3n) is 3.23. The molecule has 19 heavy (non-hydrogen) atoms. The Morgan fingerprint density at radius 3 is 2.47 bits per heavy atom. The van der Waals surface area contributed by atoms with E-state index in [9.17, 15) is 0 Å². The van der Waals surface area contributed by atoms with Crippen LogP contribution in [0.2, 0.25) is 0 Å². The number of hydrogen-bond donors (Lipinski definition) is 1. The van der Waals surface area contributed by atoms with E-state index in [-0.39, 0.29) is 0 Å². The number of rotatable bonds is 4. The van der Waals surface area contributed by atoms with E-state index >= 15 is 0 Å². The number of aryl methyl sites for hydroxylation is 1. The molecule has 0 bridgehead atoms. The highest BCUT2D eigenvalue weighted by molar-refractivity contribution is 14.1. The van der Waals surface area contributed by atoms with Crippen molar-refractivity contribution in [3.8, 4) is 0 Å². The molecule has 1 atom stereocenters. The summed E-state index contributed by atoms with van der Waals surface area (Å²) in [6.45, 7) is 2.13. The van der Waals surface area contributed by atoms with E-state index in [2.05, 4.69) is 93.2 Å². The molecule has 0 aromatic heterocycles. The maximum atomic E-state index is 3.66. The Hall–Kier alpha value is -0.390. The molecule has 100 valence electrons. The SMILES string of the molecule is CNC(Cc1ccc(I)cc1)c1cc(C)ccc1Br. The van der Waals surface area contributed by atoms with Gasteiger partial charge in [-0.15, -0.1) is 0 Å². The first-order chi connectivity index (χ1) is 9.10. The minimum Gasteiger partial charge on any atom is -0.313 e. The van der Waals surface area contributed by atoms with E-state index in [0.29, 0.717) is 6.04 Å². The van der Waals surface area contributed by atoms with Crippen LogP contribution in [0.3, 0.4) is 0 Å². The van der Waals surface area contributed by atoms with Gasteiger partial charge in [0.1, 0.15) is 0 Å². The molecule has 0 fully saturated rings. The maximum absolute atomic E-state index is 3.66. The van der Waals surface area contributed by atoms with Gasteiger partial charge in [-0.05, 0) is 72.3 Å². The molecule has 0 radical (unpaired) electrons. The van der Waals surface area contributed by atoms with Gasteiger partial charge in [-0.1, -0.05) is 45.8 Å². The van der Waals surface area contributed by atoms with Crippen molar-refractivity contribution in [3.05, 3.63) is 67.2 Å². The first-order valence-electron chi connectivity index (χ1n) is 6.28. The quantitative estimate of drug-likeness (QED) is 0.684. The van der Waals surface area contributed by atoms with Crippen molar-refractivity contribution in [3.63, 3.8) is 0 Å². The average molecular weight is 430 g/mol. The first kappa shape index (κ1) is 15.0. The fourth-order valence-electron chi connectivity index (χ4n) is 2.15. The van der Waals surface area contributed by atoms with Crippen LogP contribution >= 0.6 is 38.5 Å². The predicted molar refractivity (Wildman–Crippen MR) is 93.5 cm³/mol. The lowest BCUT2D eigenvalue weighted by Crippen LogP contribution is -2.19. The predicted octanol–water partition coefficient (Wildman–Crippen LogP) is 4.87. The van der Waals surface area contributed by atoms with Crippen LogP contribution in [-0.2, 0) is 6.42 Å². The zero-order valence-corrected chi connectivity index (χ0v) is 14.8.